The SMILES string of the molecule is C=C[C@@](C)(O)CC/C=C(\C)CC/C=C(\C)CC/C=C(/C)CO. The molecule has 0 aromatic carbocycles. The molecule has 0 saturated carbocycles. The van der Waals surface area contributed by atoms with Crippen molar-refractivity contribution in [3.8, 4) is 0 Å². The summed E-state index contributed by atoms with van der Waals surface area (Å²) in [5.74, 6) is 0. The van der Waals surface area contributed by atoms with Crippen molar-refractivity contribution in [2.45, 2.75) is 71.8 Å². The van der Waals surface area contributed by atoms with Gasteiger partial charge in [-0.2, -0.15) is 0 Å². The van der Waals surface area contributed by atoms with Crippen molar-refractivity contribution in [1.29, 1.82) is 0 Å². The van der Waals surface area contributed by atoms with E-state index in [0.717, 1.165) is 44.1 Å². The normalized spacial score (nSPS) is 16.5. The van der Waals surface area contributed by atoms with Gasteiger partial charge in [0.15, 0.2) is 0 Å². The molecule has 2 heteroatoms. The lowest BCUT2D eigenvalue weighted by atomic mass is 9.99. The Morgan fingerprint density at radius 3 is 1.82 bits per heavy atom. The van der Waals surface area contributed by atoms with Crippen LogP contribution < -0.4 is 0 Å². The molecule has 126 valence electrons. The topological polar surface area (TPSA) is 40.5 Å². The third-order valence-electron chi connectivity index (χ3n) is 3.90. The van der Waals surface area contributed by atoms with Gasteiger partial charge in [-0.25, -0.2) is 0 Å². The van der Waals surface area contributed by atoms with Gasteiger partial charge in [-0.3, -0.25) is 0 Å². The van der Waals surface area contributed by atoms with Gasteiger partial charge in [-0.15, -0.1) is 6.58 Å². The lowest BCUT2D eigenvalue weighted by Gasteiger charge is -2.16. The van der Waals surface area contributed by atoms with Gasteiger partial charge in [0, 0.05) is 0 Å². The van der Waals surface area contributed by atoms with E-state index in [9.17, 15) is 5.11 Å². The minimum Gasteiger partial charge on any atom is -0.392 e. The highest BCUT2D eigenvalue weighted by molar-refractivity contribution is 5.06. The van der Waals surface area contributed by atoms with Crippen molar-refractivity contribution in [2.24, 2.45) is 0 Å². The molecule has 0 spiro atoms. The highest BCUT2D eigenvalue weighted by Crippen LogP contribution is 2.16. The first kappa shape index (κ1) is 20.9. The fraction of sp³-hybridized carbons (Fsp3) is 0.600. The Hall–Kier alpha value is -1.12. The molecule has 0 radical (unpaired) electrons. The zero-order valence-corrected chi connectivity index (χ0v) is 14.9. The summed E-state index contributed by atoms with van der Waals surface area (Å²) >= 11 is 0. The summed E-state index contributed by atoms with van der Waals surface area (Å²) in [4.78, 5) is 0. The van der Waals surface area contributed by atoms with Crippen molar-refractivity contribution >= 4 is 0 Å². The van der Waals surface area contributed by atoms with E-state index in [1.807, 2.05) is 6.92 Å². The summed E-state index contributed by atoms with van der Waals surface area (Å²) in [5, 5.41) is 18.8. The molecule has 0 aliphatic rings. The smallest absolute Gasteiger partial charge is 0.0800 e. The highest BCUT2D eigenvalue weighted by Gasteiger charge is 2.13. The van der Waals surface area contributed by atoms with Crippen molar-refractivity contribution in [2.75, 3.05) is 6.61 Å². The molecule has 0 aliphatic heterocycles. The van der Waals surface area contributed by atoms with Gasteiger partial charge in [0.05, 0.1) is 12.2 Å². The number of allylic oxidation sites excluding steroid dienone is 5. The molecule has 0 aromatic heterocycles. The van der Waals surface area contributed by atoms with Crippen LogP contribution in [0.25, 0.3) is 0 Å². The van der Waals surface area contributed by atoms with Crippen LogP contribution in [0.5, 0.6) is 0 Å². The van der Waals surface area contributed by atoms with E-state index < -0.39 is 5.60 Å². The summed E-state index contributed by atoms with van der Waals surface area (Å²) < 4.78 is 0. The summed E-state index contributed by atoms with van der Waals surface area (Å²) in [5.41, 5.74) is 3.07. The zero-order valence-electron chi connectivity index (χ0n) is 14.9. The molecule has 0 bridgehead atoms. The van der Waals surface area contributed by atoms with Gasteiger partial charge in [0.1, 0.15) is 0 Å². The predicted molar refractivity (Wildman–Crippen MR) is 96.9 cm³/mol. The maximum Gasteiger partial charge on any atom is 0.0800 e. The molecule has 2 nitrogen and oxygen atoms in total. The average molecular weight is 306 g/mol. The monoisotopic (exact) mass is 306 g/mol. The Morgan fingerprint density at radius 2 is 1.36 bits per heavy atom. The van der Waals surface area contributed by atoms with Crippen LogP contribution in [0.3, 0.4) is 0 Å². The minimum atomic E-state index is -0.756. The molecule has 0 aromatic rings. The molecule has 0 fully saturated rings. The molecule has 0 heterocycles. The second-order valence-corrected chi connectivity index (χ2v) is 6.49. The van der Waals surface area contributed by atoms with Crippen LogP contribution in [-0.2, 0) is 0 Å². The van der Waals surface area contributed by atoms with Gasteiger partial charge >= 0.3 is 0 Å². The molecule has 2 N–H and O–H groups in total. The Bertz CT molecular complexity index is 411. The number of rotatable bonds is 11. The standard InChI is InChI=1S/C20H34O2/c1-6-20(5,22)15-9-14-18(3)11-7-10-17(2)12-8-13-19(4)16-21/h6,10,13-14,21-22H,1,7-9,11-12,15-16H2,2-5H3/b17-10+,18-14+,19-13-/t20-/m1/s1. The molecule has 1 atom stereocenters. The highest BCUT2D eigenvalue weighted by atomic mass is 16.3. The first-order valence-corrected chi connectivity index (χ1v) is 8.24. The van der Waals surface area contributed by atoms with Crippen LogP contribution >= 0.6 is 0 Å². The summed E-state index contributed by atoms with van der Waals surface area (Å²) in [7, 11) is 0. The first-order chi connectivity index (χ1) is 10.3. The number of aliphatic hydroxyl groups excluding tert-OH is 1. The fourth-order valence-corrected chi connectivity index (χ4v) is 2.07. The van der Waals surface area contributed by atoms with Crippen molar-refractivity contribution in [1.82, 2.24) is 0 Å². The van der Waals surface area contributed by atoms with E-state index in [2.05, 4.69) is 38.7 Å². The Balaban J connectivity index is 4.01. The summed E-state index contributed by atoms with van der Waals surface area (Å²) in [6.45, 7) is 11.9. The molecule has 0 rings (SSSR count). The van der Waals surface area contributed by atoms with Crippen LogP contribution in [0.4, 0.5) is 0 Å². The van der Waals surface area contributed by atoms with E-state index in [0.29, 0.717) is 0 Å². The zero-order chi connectivity index (χ0) is 17.0. The Labute approximate surface area is 137 Å². The first-order valence-electron chi connectivity index (χ1n) is 8.24. The van der Waals surface area contributed by atoms with Crippen LogP contribution in [0.15, 0.2) is 47.6 Å². The Morgan fingerprint density at radius 1 is 0.909 bits per heavy atom. The average Bonchev–Trinajstić information content (AvgIpc) is 2.46. The molecule has 0 aliphatic carbocycles. The van der Waals surface area contributed by atoms with Gasteiger partial charge in [0.2, 0.25) is 0 Å². The van der Waals surface area contributed by atoms with Crippen molar-refractivity contribution in [3.05, 3.63) is 47.6 Å². The maximum atomic E-state index is 9.85. The number of hydrogen-bond donors (Lipinski definition) is 2. The second kappa shape index (κ2) is 11.4. The minimum absolute atomic E-state index is 0.158. The lowest BCUT2D eigenvalue weighted by Crippen LogP contribution is -2.19. The predicted octanol–water partition coefficient (Wildman–Crippen LogP) is 5.10. The van der Waals surface area contributed by atoms with Crippen LogP contribution in [0.1, 0.15) is 66.2 Å². The molecule has 22 heavy (non-hydrogen) atoms. The van der Waals surface area contributed by atoms with E-state index in [-0.39, 0.29) is 6.61 Å². The van der Waals surface area contributed by atoms with E-state index in [1.165, 1.54) is 11.1 Å². The summed E-state index contributed by atoms with van der Waals surface area (Å²) in [6.07, 6.45) is 14.0. The molecular weight excluding hydrogens is 272 g/mol. The number of hydrogen-bond acceptors (Lipinski definition) is 2. The lowest BCUT2D eigenvalue weighted by molar-refractivity contribution is 0.103. The van der Waals surface area contributed by atoms with Gasteiger partial charge < -0.3 is 10.2 Å². The van der Waals surface area contributed by atoms with Crippen LogP contribution in [0.2, 0.25) is 0 Å². The molecule has 0 amide bonds. The third kappa shape index (κ3) is 11.5. The van der Waals surface area contributed by atoms with Gasteiger partial charge in [0.25, 0.3) is 0 Å². The third-order valence-corrected chi connectivity index (χ3v) is 3.90. The van der Waals surface area contributed by atoms with Gasteiger partial charge in [-0.05, 0) is 66.2 Å². The van der Waals surface area contributed by atoms with Crippen molar-refractivity contribution in [3.63, 3.8) is 0 Å². The molecule has 0 unspecified atom stereocenters. The fourth-order valence-electron chi connectivity index (χ4n) is 2.07. The van der Waals surface area contributed by atoms with Crippen LogP contribution in [-0.4, -0.2) is 22.4 Å². The van der Waals surface area contributed by atoms with Crippen LogP contribution in [0, 0.1) is 0 Å². The van der Waals surface area contributed by atoms with E-state index in [1.54, 1.807) is 13.0 Å². The number of aliphatic hydroxyl groups is 2. The second-order valence-electron chi connectivity index (χ2n) is 6.49. The van der Waals surface area contributed by atoms with Gasteiger partial charge in [-0.1, -0.05) is 41.0 Å². The maximum absolute atomic E-state index is 9.85. The van der Waals surface area contributed by atoms with Crippen molar-refractivity contribution < 1.29 is 10.2 Å². The summed E-state index contributed by atoms with van der Waals surface area (Å²) in [6, 6.07) is 0. The quantitative estimate of drug-likeness (QED) is 0.522. The Kier molecular flexibility index (Phi) is 10.9. The molecule has 0 saturated heterocycles. The largest absolute Gasteiger partial charge is 0.392 e. The van der Waals surface area contributed by atoms with E-state index >= 15 is 0 Å². The molecular formula is C20H34O2. The van der Waals surface area contributed by atoms with E-state index in [4.69, 9.17) is 5.11 Å².